The lowest BCUT2D eigenvalue weighted by molar-refractivity contribution is 0.379. The van der Waals surface area contributed by atoms with Crippen LogP contribution in [0.15, 0.2) is 18.2 Å². The minimum atomic E-state index is 0.673. The molecule has 0 radical (unpaired) electrons. The van der Waals surface area contributed by atoms with Gasteiger partial charge in [0.05, 0.1) is 0 Å². The molecule has 2 aliphatic carbocycles. The number of hydrogen-bond acceptors (Lipinski definition) is 1. The van der Waals surface area contributed by atoms with E-state index in [0.29, 0.717) is 6.04 Å². The van der Waals surface area contributed by atoms with Crippen molar-refractivity contribution in [2.24, 2.45) is 5.92 Å². The molecule has 0 aromatic heterocycles. The molecule has 1 saturated carbocycles. The van der Waals surface area contributed by atoms with E-state index >= 15 is 0 Å². The first-order valence-corrected chi connectivity index (χ1v) is 7.20. The molecule has 3 atom stereocenters. The third-order valence-corrected chi connectivity index (χ3v) is 5.07. The molecule has 0 saturated heterocycles. The van der Waals surface area contributed by atoms with Crippen molar-refractivity contribution in [2.45, 2.75) is 50.5 Å². The Bertz CT molecular complexity index is 447. The van der Waals surface area contributed by atoms with E-state index in [1.165, 1.54) is 32.2 Å². The molecule has 1 N–H and O–H groups in total. The van der Waals surface area contributed by atoms with Gasteiger partial charge < -0.3 is 5.32 Å². The van der Waals surface area contributed by atoms with Crippen molar-refractivity contribution in [3.8, 4) is 0 Å². The first-order chi connectivity index (χ1) is 8.34. The maximum absolute atomic E-state index is 3.81. The van der Waals surface area contributed by atoms with Crippen LogP contribution < -0.4 is 5.32 Å². The molecule has 1 fully saturated rings. The van der Waals surface area contributed by atoms with Gasteiger partial charge in [0.25, 0.3) is 0 Å². The minimum Gasteiger partial charge on any atom is -0.309 e. The second kappa shape index (κ2) is 3.58. The van der Waals surface area contributed by atoms with E-state index in [0.717, 1.165) is 17.8 Å². The first-order valence-electron chi connectivity index (χ1n) is 7.20. The van der Waals surface area contributed by atoms with Crippen LogP contribution in [0.5, 0.6) is 0 Å². The van der Waals surface area contributed by atoms with Gasteiger partial charge in [-0.2, -0.15) is 0 Å². The van der Waals surface area contributed by atoms with Crippen molar-refractivity contribution in [3.63, 3.8) is 0 Å². The summed E-state index contributed by atoms with van der Waals surface area (Å²) < 4.78 is 0. The molecule has 1 nitrogen and oxygen atoms in total. The van der Waals surface area contributed by atoms with Crippen LogP contribution in [-0.2, 0) is 0 Å². The lowest BCUT2D eigenvalue weighted by Gasteiger charge is -2.39. The Balaban J connectivity index is 1.86. The van der Waals surface area contributed by atoms with Crippen molar-refractivity contribution >= 4 is 0 Å². The fourth-order valence-electron chi connectivity index (χ4n) is 3.96. The van der Waals surface area contributed by atoms with Crippen molar-refractivity contribution in [1.29, 1.82) is 0 Å². The van der Waals surface area contributed by atoms with E-state index in [2.05, 4.69) is 30.4 Å². The van der Waals surface area contributed by atoms with Gasteiger partial charge in [0.1, 0.15) is 0 Å². The van der Waals surface area contributed by atoms with Gasteiger partial charge in [0.2, 0.25) is 0 Å². The topological polar surface area (TPSA) is 12.0 Å². The Morgan fingerprint density at radius 1 is 1.06 bits per heavy atom. The molecule has 1 aromatic carbocycles. The maximum Gasteiger partial charge on any atom is 0.0351 e. The largest absolute Gasteiger partial charge is 0.309 e. The smallest absolute Gasteiger partial charge is 0.0351 e. The zero-order valence-electron chi connectivity index (χ0n) is 10.6. The van der Waals surface area contributed by atoms with Crippen molar-refractivity contribution in [2.75, 3.05) is 6.54 Å². The summed E-state index contributed by atoms with van der Waals surface area (Å²) in [6.45, 7) is 3.62. The van der Waals surface area contributed by atoms with Crippen molar-refractivity contribution < 1.29 is 0 Å². The monoisotopic (exact) mass is 227 g/mol. The summed E-state index contributed by atoms with van der Waals surface area (Å²) in [6.07, 6.45) is 5.62. The van der Waals surface area contributed by atoms with Gasteiger partial charge in [-0.05, 0) is 60.1 Å². The van der Waals surface area contributed by atoms with E-state index in [4.69, 9.17) is 0 Å². The Morgan fingerprint density at radius 3 is 2.71 bits per heavy atom. The van der Waals surface area contributed by atoms with Crippen molar-refractivity contribution in [3.05, 3.63) is 34.9 Å². The van der Waals surface area contributed by atoms with E-state index in [1.54, 1.807) is 16.7 Å². The molecule has 1 heteroatoms. The molecule has 0 bridgehead atoms. The summed E-state index contributed by atoms with van der Waals surface area (Å²) in [7, 11) is 0. The standard InChI is InChI=1S/C16H21N/c1-10-5-6-12-9-17-16(11-7-8-11)14-4-2-3-13(10)15(12)14/h2-4,10-12,16-17H,5-9H2,1H3. The van der Waals surface area contributed by atoms with Gasteiger partial charge in [0.15, 0.2) is 0 Å². The van der Waals surface area contributed by atoms with Crippen LogP contribution in [0.2, 0.25) is 0 Å². The second-order valence-electron chi connectivity index (χ2n) is 6.25. The average molecular weight is 227 g/mol. The Kier molecular flexibility index (Phi) is 2.14. The Hall–Kier alpha value is -0.820. The second-order valence-corrected chi connectivity index (χ2v) is 6.25. The number of nitrogens with one attached hydrogen (secondary N) is 1. The minimum absolute atomic E-state index is 0.673. The van der Waals surface area contributed by atoms with Gasteiger partial charge in [0, 0.05) is 12.6 Å². The number of hydrogen-bond donors (Lipinski definition) is 1. The van der Waals surface area contributed by atoms with Gasteiger partial charge in [-0.1, -0.05) is 25.1 Å². The van der Waals surface area contributed by atoms with Crippen LogP contribution in [-0.4, -0.2) is 6.54 Å². The summed E-state index contributed by atoms with van der Waals surface area (Å²) in [6, 6.07) is 7.73. The molecule has 90 valence electrons. The van der Waals surface area contributed by atoms with Gasteiger partial charge in [-0.15, -0.1) is 0 Å². The molecule has 1 aromatic rings. The molecule has 3 aliphatic rings. The van der Waals surface area contributed by atoms with Crippen LogP contribution in [0.3, 0.4) is 0 Å². The zero-order chi connectivity index (χ0) is 11.4. The molecule has 0 spiro atoms. The van der Waals surface area contributed by atoms with Crippen molar-refractivity contribution in [1.82, 2.24) is 5.32 Å². The summed E-state index contributed by atoms with van der Waals surface area (Å²) in [5, 5.41) is 3.81. The van der Waals surface area contributed by atoms with Gasteiger partial charge in [-0.3, -0.25) is 0 Å². The molecule has 1 aliphatic heterocycles. The van der Waals surface area contributed by atoms with Crippen LogP contribution in [0.1, 0.15) is 67.2 Å². The van der Waals surface area contributed by atoms with Crippen LogP contribution >= 0.6 is 0 Å². The highest BCUT2D eigenvalue weighted by atomic mass is 14.9. The van der Waals surface area contributed by atoms with Crippen LogP contribution in [0.25, 0.3) is 0 Å². The van der Waals surface area contributed by atoms with Crippen LogP contribution in [0, 0.1) is 5.92 Å². The van der Waals surface area contributed by atoms with E-state index in [1.807, 2.05) is 0 Å². The molecule has 1 heterocycles. The summed E-state index contributed by atoms with van der Waals surface area (Å²) in [5.74, 6) is 2.51. The van der Waals surface area contributed by atoms with E-state index in [9.17, 15) is 0 Å². The SMILES string of the molecule is CC1CCC2CNC(C3CC3)c3cccc1c32. The predicted octanol–water partition coefficient (Wildman–Crippen LogP) is 3.72. The summed E-state index contributed by atoms with van der Waals surface area (Å²) in [4.78, 5) is 0. The van der Waals surface area contributed by atoms with E-state index in [-0.39, 0.29) is 0 Å². The molecular formula is C16H21N. The molecule has 0 amide bonds. The highest BCUT2D eigenvalue weighted by Gasteiger charge is 2.39. The van der Waals surface area contributed by atoms with E-state index < -0.39 is 0 Å². The molecular weight excluding hydrogens is 206 g/mol. The van der Waals surface area contributed by atoms with Crippen LogP contribution in [0.4, 0.5) is 0 Å². The highest BCUT2D eigenvalue weighted by Crippen LogP contribution is 2.49. The molecule has 17 heavy (non-hydrogen) atoms. The Morgan fingerprint density at radius 2 is 1.88 bits per heavy atom. The number of benzene rings is 1. The summed E-state index contributed by atoms with van der Waals surface area (Å²) in [5.41, 5.74) is 5.04. The zero-order valence-corrected chi connectivity index (χ0v) is 10.6. The first kappa shape index (κ1) is 10.1. The lowest BCUT2D eigenvalue weighted by Crippen LogP contribution is -2.36. The average Bonchev–Trinajstić information content (AvgIpc) is 3.18. The van der Waals surface area contributed by atoms with Gasteiger partial charge >= 0.3 is 0 Å². The quantitative estimate of drug-likeness (QED) is 0.771. The third kappa shape index (κ3) is 1.48. The highest BCUT2D eigenvalue weighted by molar-refractivity contribution is 5.45. The number of rotatable bonds is 1. The predicted molar refractivity (Wildman–Crippen MR) is 70.3 cm³/mol. The molecule has 4 rings (SSSR count). The lowest BCUT2D eigenvalue weighted by atomic mass is 9.72. The fraction of sp³-hybridized carbons (Fsp3) is 0.625. The summed E-state index contributed by atoms with van der Waals surface area (Å²) >= 11 is 0. The van der Waals surface area contributed by atoms with Gasteiger partial charge in [-0.25, -0.2) is 0 Å². The Labute approximate surface area is 104 Å². The normalized spacial score (nSPS) is 35.5. The maximum atomic E-state index is 3.81. The third-order valence-electron chi connectivity index (χ3n) is 5.07. The molecule has 3 unspecified atom stereocenters. The fourth-order valence-corrected chi connectivity index (χ4v) is 3.96.